The number of carbonyl (C=O) groups is 1. The average molecular weight is 514 g/mol. The Morgan fingerprint density at radius 2 is 1.64 bits per heavy atom. The lowest BCUT2D eigenvalue weighted by molar-refractivity contribution is 0.0985. The van der Waals surface area contributed by atoms with Crippen LogP contribution in [-0.2, 0) is 13.0 Å². The summed E-state index contributed by atoms with van der Waals surface area (Å²) in [5.74, 6) is -0.0803. The number of halogens is 1. The van der Waals surface area contributed by atoms with Crippen LogP contribution in [0.5, 0.6) is 0 Å². The van der Waals surface area contributed by atoms with Gasteiger partial charge in [0, 0.05) is 22.4 Å². The number of pyridine rings is 1. The lowest BCUT2D eigenvalue weighted by Crippen LogP contribution is -2.30. The number of amides is 1. The van der Waals surface area contributed by atoms with Crippen LogP contribution in [0.2, 0.25) is 0 Å². The molecule has 0 aliphatic carbocycles. The summed E-state index contributed by atoms with van der Waals surface area (Å²) < 4.78 is 2.02. The lowest BCUT2D eigenvalue weighted by Gasteiger charge is -2.20. The van der Waals surface area contributed by atoms with Gasteiger partial charge >= 0.3 is 0 Å². The third kappa shape index (κ3) is 5.02. The van der Waals surface area contributed by atoms with Crippen LogP contribution in [0.1, 0.15) is 27.0 Å². The van der Waals surface area contributed by atoms with Crippen LogP contribution in [0.25, 0.3) is 10.2 Å². The summed E-state index contributed by atoms with van der Waals surface area (Å²) in [6.45, 7) is 0.402. The van der Waals surface area contributed by atoms with E-state index >= 15 is 0 Å². The van der Waals surface area contributed by atoms with Crippen molar-refractivity contribution in [3.63, 3.8) is 0 Å². The number of anilines is 1. The molecule has 5 aromatic rings. The van der Waals surface area contributed by atoms with E-state index in [0.717, 1.165) is 26.7 Å². The van der Waals surface area contributed by atoms with Crippen molar-refractivity contribution in [1.82, 2.24) is 9.97 Å². The normalized spacial score (nSPS) is 10.9. The summed E-state index contributed by atoms with van der Waals surface area (Å²) in [7, 11) is 0. The molecule has 0 fully saturated rings. The predicted molar refractivity (Wildman–Crippen MR) is 138 cm³/mol. The van der Waals surface area contributed by atoms with Gasteiger partial charge in [0.05, 0.1) is 16.8 Å². The van der Waals surface area contributed by atoms with Gasteiger partial charge in [-0.15, -0.1) is 0 Å². The Kier molecular flexibility index (Phi) is 6.28. The zero-order valence-corrected chi connectivity index (χ0v) is 20.1. The van der Waals surface area contributed by atoms with Crippen LogP contribution < -0.4 is 4.90 Å². The van der Waals surface area contributed by atoms with E-state index in [9.17, 15) is 4.79 Å². The van der Waals surface area contributed by atoms with Gasteiger partial charge in [-0.3, -0.25) is 14.7 Å². The molecular formula is C27H20BrN3OS. The van der Waals surface area contributed by atoms with Gasteiger partial charge in [0.1, 0.15) is 0 Å². The maximum absolute atomic E-state index is 13.6. The topological polar surface area (TPSA) is 46.1 Å². The molecule has 0 unspecified atom stereocenters. The Morgan fingerprint density at radius 1 is 0.879 bits per heavy atom. The minimum atomic E-state index is -0.0803. The van der Waals surface area contributed by atoms with Crippen molar-refractivity contribution < 1.29 is 4.79 Å². The van der Waals surface area contributed by atoms with E-state index < -0.39 is 0 Å². The molecule has 1 amide bonds. The Hall–Kier alpha value is -3.35. The molecular weight excluding hydrogens is 494 g/mol. The summed E-state index contributed by atoms with van der Waals surface area (Å²) in [6.07, 6.45) is 4.35. The highest BCUT2D eigenvalue weighted by atomic mass is 79.9. The summed E-state index contributed by atoms with van der Waals surface area (Å²) in [6, 6.07) is 28.0. The maximum atomic E-state index is 13.6. The van der Waals surface area contributed by atoms with Crippen LogP contribution in [0.4, 0.5) is 5.13 Å². The first-order valence-corrected chi connectivity index (χ1v) is 12.2. The Bertz CT molecular complexity index is 1390. The first-order valence-electron chi connectivity index (χ1n) is 10.6. The second-order valence-corrected chi connectivity index (χ2v) is 9.65. The molecule has 0 radical (unpaired) electrons. The molecule has 162 valence electrons. The van der Waals surface area contributed by atoms with E-state index in [-0.39, 0.29) is 5.91 Å². The molecule has 2 aromatic heterocycles. The second kappa shape index (κ2) is 9.65. The molecule has 33 heavy (non-hydrogen) atoms. The molecule has 5 rings (SSSR count). The zero-order chi connectivity index (χ0) is 22.6. The number of carbonyl (C=O) groups excluding carboxylic acids is 1. The third-order valence-corrected chi connectivity index (χ3v) is 6.87. The number of hydrogen-bond acceptors (Lipinski definition) is 4. The maximum Gasteiger partial charge on any atom is 0.260 e. The average Bonchev–Trinajstić information content (AvgIpc) is 3.27. The highest BCUT2D eigenvalue weighted by molar-refractivity contribution is 9.10. The molecule has 0 saturated carbocycles. The molecule has 0 spiro atoms. The number of hydrogen-bond donors (Lipinski definition) is 0. The predicted octanol–water partition coefficient (Wildman–Crippen LogP) is 6.89. The van der Waals surface area contributed by atoms with Crippen molar-refractivity contribution in [2.24, 2.45) is 0 Å². The minimum absolute atomic E-state index is 0.0803. The van der Waals surface area contributed by atoms with E-state index in [1.165, 1.54) is 22.5 Å². The van der Waals surface area contributed by atoms with Crippen molar-refractivity contribution in [3.8, 4) is 0 Å². The molecule has 0 saturated heterocycles. The van der Waals surface area contributed by atoms with Crippen LogP contribution in [0, 0.1) is 0 Å². The fourth-order valence-electron chi connectivity index (χ4n) is 3.65. The highest BCUT2D eigenvalue weighted by Crippen LogP contribution is 2.32. The van der Waals surface area contributed by atoms with Gasteiger partial charge in [-0.2, -0.15) is 0 Å². The first kappa shape index (κ1) is 21.5. The highest BCUT2D eigenvalue weighted by Gasteiger charge is 2.22. The van der Waals surface area contributed by atoms with E-state index in [4.69, 9.17) is 4.98 Å². The molecule has 0 aliphatic heterocycles. The van der Waals surface area contributed by atoms with Crippen molar-refractivity contribution in [3.05, 3.63) is 124 Å². The fraction of sp³-hybridized carbons (Fsp3) is 0.0741. The monoisotopic (exact) mass is 513 g/mol. The van der Waals surface area contributed by atoms with Gasteiger partial charge in [-0.25, -0.2) is 4.98 Å². The van der Waals surface area contributed by atoms with Gasteiger partial charge in [0.2, 0.25) is 0 Å². The second-order valence-electron chi connectivity index (χ2n) is 7.72. The van der Waals surface area contributed by atoms with Crippen LogP contribution in [0.3, 0.4) is 0 Å². The Labute approximate surface area is 204 Å². The number of benzene rings is 3. The van der Waals surface area contributed by atoms with Gasteiger partial charge in [0.25, 0.3) is 5.91 Å². The summed E-state index contributed by atoms with van der Waals surface area (Å²) >= 11 is 5.03. The molecule has 0 atom stereocenters. The van der Waals surface area contributed by atoms with Gasteiger partial charge in [0.15, 0.2) is 5.13 Å². The van der Waals surface area contributed by atoms with E-state index in [2.05, 4.69) is 33.0 Å². The number of fused-ring (bicyclic) bond motifs is 1. The standard InChI is InChI=1S/C27H20BrN3OS/c28-23-12-13-24-25(16-23)33-27(30-24)31(18-21-7-4-14-29-17-21)26(32)22-10-8-20(9-11-22)15-19-5-2-1-3-6-19/h1-14,16-17H,15,18H2. The zero-order valence-electron chi connectivity index (χ0n) is 17.7. The number of rotatable bonds is 6. The lowest BCUT2D eigenvalue weighted by atomic mass is 10.0. The Morgan fingerprint density at radius 3 is 2.39 bits per heavy atom. The quantitative estimate of drug-likeness (QED) is 0.248. The molecule has 4 nitrogen and oxygen atoms in total. The molecule has 6 heteroatoms. The molecule has 0 bridgehead atoms. The summed E-state index contributed by atoms with van der Waals surface area (Å²) in [4.78, 5) is 24.3. The minimum Gasteiger partial charge on any atom is -0.279 e. The summed E-state index contributed by atoms with van der Waals surface area (Å²) in [5.41, 5.74) is 4.88. The number of nitrogens with zero attached hydrogens (tertiary/aromatic N) is 3. The van der Waals surface area contributed by atoms with Crippen molar-refractivity contribution in [2.75, 3.05) is 4.90 Å². The molecule has 0 aliphatic rings. The van der Waals surface area contributed by atoms with Crippen molar-refractivity contribution in [1.29, 1.82) is 0 Å². The van der Waals surface area contributed by atoms with E-state index in [1.54, 1.807) is 17.3 Å². The van der Waals surface area contributed by atoms with E-state index in [1.807, 2.05) is 72.8 Å². The molecule has 3 aromatic carbocycles. The van der Waals surface area contributed by atoms with Gasteiger partial charge in [-0.05, 0) is 59.5 Å². The fourth-order valence-corrected chi connectivity index (χ4v) is 5.17. The number of thiazole rings is 1. The molecule has 2 heterocycles. The number of aromatic nitrogens is 2. The largest absolute Gasteiger partial charge is 0.279 e. The van der Waals surface area contributed by atoms with Crippen LogP contribution in [0.15, 0.2) is 102 Å². The smallest absolute Gasteiger partial charge is 0.260 e. The van der Waals surface area contributed by atoms with Crippen molar-refractivity contribution >= 4 is 48.5 Å². The van der Waals surface area contributed by atoms with Gasteiger partial charge in [-0.1, -0.05) is 75.8 Å². The van der Waals surface area contributed by atoms with Crippen LogP contribution >= 0.6 is 27.3 Å². The van der Waals surface area contributed by atoms with Crippen molar-refractivity contribution in [2.45, 2.75) is 13.0 Å². The van der Waals surface area contributed by atoms with Crippen LogP contribution in [-0.4, -0.2) is 15.9 Å². The molecule has 0 N–H and O–H groups in total. The SMILES string of the molecule is O=C(c1ccc(Cc2ccccc2)cc1)N(Cc1cccnc1)c1nc2ccc(Br)cc2s1. The summed E-state index contributed by atoms with van der Waals surface area (Å²) in [5, 5.41) is 0.672. The van der Waals surface area contributed by atoms with Gasteiger partial charge < -0.3 is 0 Å². The third-order valence-electron chi connectivity index (χ3n) is 5.33. The first-order chi connectivity index (χ1) is 16.2. The van der Waals surface area contributed by atoms with E-state index in [0.29, 0.717) is 17.2 Å². The Balaban J connectivity index is 1.45.